The largest absolute Gasteiger partial charge is 0.472 e. The summed E-state index contributed by atoms with van der Waals surface area (Å²) < 4.78 is 68.5. The summed E-state index contributed by atoms with van der Waals surface area (Å²) in [5.74, 6) is 0.894. The second-order valence-corrected chi connectivity index (χ2v) is 32.6. The van der Waals surface area contributed by atoms with Gasteiger partial charge in [0.25, 0.3) is 0 Å². The predicted molar refractivity (Wildman–Crippen MR) is 391 cm³/mol. The highest BCUT2D eigenvalue weighted by Gasteiger charge is 2.30. The molecule has 0 spiro atoms. The molecule has 2 unspecified atom stereocenters. The van der Waals surface area contributed by atoms with Crippen LogP contribution in [0.25, 0.3) is 0 Å². The molecule has 19 heteroatoms. The fraction of sp³-hybridized carbons (Fsp3) is 0.948. The van der Waals surface area contributed by atoms with Crippen LogP contribution in [0.4, 0.5) is 0 Å². The lowest BCUT2D eigenvalue weighted by Crippen LogP contribution is -2.30. The van der Waals surface area contributed by atoms with Crippen LogP contribution in [0.15, 0.2) is 0 Å². The minimum Gasteiger partial charge on any atom is -0.462 e. The van der Waals surface area contributed by atoms with Gasteiger partial charge in [-0.1, -0.05) is 338 Å². The van der Waals surface area contributed by atoms with E-state index >= 15 is 0 Å². The van der Waals surface area contributed by atoms with E-state index in [0.717, 1.165) is 115 Å². The van der Waals surface area contributed by atoms with Gasteiger partial charge in [-0.15, -0.1) is 0 Å². The highest BCUT2D eigenvalue weighted by Crippen LogP contribution is 2.45. The summed E-state index contributed by atoms with van der Waals surface area (Å²) in [7, 11) is -9.91. The topological polar surface area (TPSA) is 237 Å². The van der Waals surface area contributed by atoms with Crippen molar-refractivity contribution in [1.82, 2.24) is 0 Å². The number of ether oxygens (including phenoxy) is 4. The Kier molecular flexibility index (Phi) is 65.0. The molecular weight excluding hydrogens is 1260 g/mol. The fourth-order valence-corrected chi connectivity index (χ4v) is 13.3. The van der Waals surface area contributed by atoms with Gasteiger partial charge in [-0.2, -0.15) is 0 Å². The van der Waals surface area contributed by atoms with E-state index < -0.39 is 97.5 Å². The molecule has 0 radical (unpaired) electrons. The summed E-state index contributed by atoms with van der Waals surface area (Å²) in [5, 5.41) is 10.6. The maximum Gasteiger partial charge on any atom is 0.472 e. The third-order valence-electron chi connectivity index (χ3n) is 17.8. The minimum absolute atomic E-state index is 0.106. The second kappa shape index (κ2) is 66.3. The van der Waals surface area contributed by atoms with Crippen molar-refractivity contribution >= 4 is 39.5 Å². The molecule has 0 aliphatic heterocycles. The second-order valence-electron chi connectivity index (χ2n) is 29.7. The summed E-state index contributed by atoms with van der Waals surface area (Å²) in [5.41, 5.74) is 0. The first kappa shape index (κ1) is 94.1. The molecule has 0 amide bonds. The SMILES string of the molecule is CC(C)CCCCCCCCCCCCCCCCCC(=O)O[C@H](COC(=O)CCCCCCCCCC(C)C)COP(=O)(O)OCC(O)COP(=O)(O)OC[C@@H](COC(=O)CCCCCCCCCC(C)C)OC(=O)CCCCCCCCCCCCCCCCCC(C)C. The molecule has 96 heavy (non-hydrogen) atoms. The maximum atomic E-state index is 13.1. The molecule has 0 aromatic rings. The molecule has 0 saturated heterocycles. The molecule has 0 fully saturated rings. The molecule has 4 atom stereocenters. The van der Waals surface area contributed by atoms with Crippen LogP contribution < -0.4 is 0 Å². The molecule has 0 heterocycles. The Labute approximate surface area is 588 Å². The molecule has 0 aliphatic rings. The van der Waals surface area contributed by atoms with Crippen LogP contribution in [0.5, 0.6) is 0 Å². The number of carbonyl (C=O) groups is 4. The highest BCUT2D eigenvalue weighted by molar-refractivity contribution is 7.47. The van der Waals surface area contributed by atoms with Crippen LogP contribution in [-0.2, 0) is 65.4 Å². The number of carbonyl (C=O) groups excluding carboxylic acids is 4. The van der Waals surface area contributed by atoms with E-state index in [-0.39, 0.29) is 25.7 Å². The van der Waals surface area contributed by atoms with Crippen molar-refractivity contribution in [2.45, 2.75) is 408 Å². The number of phosphoric ester groups is 2. The summed E-state index contributed by atoms with van der Waals surface area (Å²) in [4.78, 5) is 72.8. The van der Waals surface area contributed by atoms with Crippen molar-refractivity contribution < 1.29 is 80.2 Å². The van der Waals surface area contributed by atoms with Gasteiger partial charge in [-0.25, -0.2) is 9.13 Å². The number of rotatable bonds is 74. The van der Waals surface area contributed by atoms with Crippen LogP contribution in [0.3, 0.4) is 0 Å². The van der Waals surface area contributed by atoms with Gasteiger partial charge in [-0.3, -0.25) is 37.3 Å². The standard InChI is InChI=1S/C77H150O17P2/c1-67(2)53-45-37-29-23-19-15-11-9-13-17-21-25-33-43-51-59-76(81)93-72(63-87-74(79)57-49-41-35-27-31-39-47-55-69(5)6)65-91-95(83,84)89-61-71(78)62-90-96(85,86)92-66-73(64-88-75(80)58-50-42-36-28-32-40-48-56-70(7)8)94-77(82)60-52-44-34-26-22-18-14-10-12-16-20-24-30-38-46-54-68(3)4/h67-73,78H,9-66H2,1-8H3,(H,83,84)(H,85,86)/t72-,73-/m1/s1. The predicted octanol–water partition coefficient (Wildman–Crippen LogP) is 22.4. The normalized spacial score (nSPS) is 14.1. The third-order valence-corrected chi connectivity index (χ3v) is 19.7. The lowest BCUT2D eigenvalue weighted by Gasteiger charge is -2.21. The lowest BCUT2D eigenvalue weighted by atomic mass is 10.0. The van der Waals surface area contributed by atoms with Gasteiger partial charge in [0.2, 0.25) is 0 Å². The molecule has 0 bridgehead atoms. The van der Waals surface area contributed by atoms with Gasteiger partial charge in [-0.05, 0) is 49.4 Å². The fourth-order valence-electron chi connectivity index (χ4n) is 11.7. The Balaban J connectivity index is 5.20. The van der Waals surface area contributed by atoms with Gasteiger partial charge < -0.3 is 33.8 Å². The first-order chi connectivity index (χ1) is 46.1. The van der Waals surface area contributed by atoms with Crippen LogP contribution >= 0.6 is 15.6 Å². The van der Waals surface area contributed by atoms with E-state index in [4.69, 9.17) is 37.0 Å². The first-order valence-electron chi connectivity index (χ1n) is 39.7. The zero-order chi connectivity index (χ0) is 71.0. The smallest absolute Gasteiger partial charge is 0.462 e. The lowest BCUT2D eigenvalue weighted by molar-refractivity contribution is -0.161. The number of hydrogen-bond donors (Lipinski definition) is 3. The number of phosphoric acid groups is 2. The van der Waals surface area contributed by atoms with Crippen molar-refractivity contribution in [3.8, 4) is 0 Å². The van der Waals surface area contributed by atoms with E-state index in [1.54, 1.807) is 0 Å². The summed E-state index contributed by atoms with van der Waals surface area (Å²) in [6.07, 6.45) is 51.6. The monoisotopic (exact) mass is 1410 g/mol. The van der Waals surface area contributed by atoms with E-state index in [0.29, 0.717) is 37.5 Å². The van der Waals surface area contributed by atoms with Crippen LogP contribution in [0, 0.1) is 23.7 Å². The average molecular weight is 1410 g/mol. The van der Waals surface area contributed by atoms with E-state index in [2.05, 4.69) is 55.4 Å². The summed E-state index contributed by atoms with van der Waals surface area (Å²) in [6, 6.07) is 0. The highest BCUT2D eigenvalue weighted by atomic mass is 31.2. The van der Waals surface area contributed by atoms with Crippen molar-refractivity contribution in [1.29, 1.82) is 0 Å². The minimum atomic E-state index is -4.96. The molecule has 570 valence electrons. The van der Waals surface area contributed by atoms with Gasteiger partial charge in [0, 0.05) is 25.7 Å². The van der Waals surface area contributed by atoms with Crippen LogP contribution in [0.1, 0.15) is 389 Å². The number of hydrogen-bond acceptors (Lipinski definition) is 15. The maximum absolute atomic E-state index is 13.1. The number of aliphatic hydroxyl groups excluding tert-OH is 1. The zero-order valence-electron chi connectivity index (χ0n) is 63.0. The van der Waals surface area contributed by atoms with Crippen LogP contribution in [-0.4, -0.2) is 96.7 Å². The van der Waals surface area contributed by atoms with Gasteiger partial charge in [0.1, 0.15) is 19.3 Å². The van der Waals surface area contributed by atoms with E-state index in [1.807, 2.05) is 0 Å². The summed E-state index contributed by atoms with van der Waals surface area (Å²) in [6.45, 7) is 14.2. The number of unbranched alkanes of at least 4 members (excludes halogenated alkanes) is 40. The Morgan fingerprint density at radius 1 is 0.260 bits per heavy atom. The van der Waals surface area contributed by atoms with E-state index in [1.165, 1.54) is 180 Å². The molecule has 0 aromatic carbocycles. The van der Waals surface area contributed by atoms with Gasteiger partial charge in [0.05, 0.1) is 26.4 Å². The molecule has 3 N–H and O–H groups in total. The quantitative estimate of drug-likeness (QED) is 0.0222. The molecule has 0 aliphatic carbocycles. The molecule has 0 saturated carbocycles. The molecule has 17 nitrogen and oxygen atoms in total. The Hall–Kier alpha value is -1.94. The summed E-state index contributed by atoms with van der Waals surface area (Å²) >= 11 is 0. The molecular formula is C77H150O17P2. The Morgan fingerprint density at radius 3 is 0.646 bits per heavy atom. The van der Waals surface area contributed by atoms with Gasteiger partial charge in [0.15, 0.2) is 12.2 Å². The first-order valence-corrected chi connectivity index (χ1v) is 42.7. The van der Waals surface area contributed by atoms with Gasteiger partial charge >= 0.3 is 39.5 Å². The van der Waals surface area contributed by atoms with Crippen LogP contribution in [0.2, 0.25) is 0 Å². The van der Waals surface area contributed by atoms with Crippen molar-refractivity contribution in [3.63, 3.8) is 0 Å². The average Bonchev–Trinajstić information content (AvgIpc) is 1.43. The zero-order valence-corrected chi connectivity index (χ0v) is 64.8. The Bertz CT molecular complexity index is 1750. The molecule has 0 rings (SSSR count). The number of esters is 4. The number of aliphatic hydroxyl groups is 1. The van der Waals surface area contributed by atoms with Crippen molar-refractivity contribution in [2.75, 3.05) is 39.6 Å². The van der Waals surface area contributed by atoms with E-state index in [9.17, 15) is 43.2 Å². The Morgan fingerprint density at radius 2 is 0.438 bits per heavy atom. The van der Waals surface area contributed by atoms with Crippen molar-refractivity contribution in [2.24, 2.45) is 23.7 Å². The molecule has 0 aromatic heterocycles. The third kappa shape index (κ3) is 70.5. The van der Waals surface area contributed by atoms with Crippen molar-refractivity contribution in [3.05, 3.63) is 0 Å².